The molecule has 1 saturated heterocycles. The van der Waals surface area contributed by atoms with E-state index in [0.29, 0.717) is 12.2 Å². The molecule has 0 aromatic heterocycles. The van der Waals surface area contributed by atoms with Gasteiger partial charge in [-0.05, 0) is 18.9 Å². The summed E-state index contributed by atoms with van der Waals surface area (Å²) in [6, 6.07) is 0. The van der Waals surface area contributed by atoms with Crippen LogP contribution in [-0.4, -0.2) is 41.9 Å². The van der Waals surface area contributed by atoms with E-state index in [1.807, 2.05) is 5.01 Å². The molecule has 2 rings (SSSR count). The van der Waals surface area contributed by atoms with Crippen LogP contribution in [0.5, 0.6) is 0 Å². The van der Waals surface area contributed by atoms with Gasteiger partial charge in [0.25, 0.3) is 5.91 Å². The first-order valence-corrected chi connectivity index (χ1v) is 4.83. The second-order valence-corrected chi connectivity index (χ2v) is 3.48. The normalized spacial score (nSPS) is 22.6. The average molecular weight is 194 g/mol. The van der Waals surface area contributed by atoms with E-state index in [9.17, 15) is 4.79 Å². The van der Waals surface area contributed by atoms with Crippen molar-refractivity contribution in [1.29, 1.82) is 0 Å². The molecular weight excluding hydrogens is 180 g/mol. The molecule has 0 aliphatic carbocycles. The van der Waals surface area contributed by atoms with Crippen molar-refractivity contribution in [2.75, 3.05) is 19.6 Å². The molecule has 14 heavy (non-hydrogen) atoms. The van der Waals surface area contributed by atoms with Crippen molar-refractivity contribution in [2.24, 2.45) is 10.7 Å². The Morgan fingerprint density at radius 3 is 2.64 bits per heavy atom. The van der Waals surface area contributed by atoms with Crippen molar-refractivity contribution >= 4 is 12.2 Å². The first-order valence-electron chi connectivity index (χ1n) is 4.83. The zero-order valence-electron chi connectivity index (χ0n) is 8.02. The minimum atomic E-state index is -0.456. The summed E-state index contributed by atoms with van der Waals surface area (Å²) in [6.45, 7) is 2.85. The molecule has 0 bridgehead atoms. The minimum absolute atomic E-state index is 0.362. The molecule has 1 fully saturated rings. The van der Waals surface area contributed by atoms with E-state index in [4.69, 9.17) is 5.73 Å². The fourth-order valence-electron chi connectivity index (χ4n) is 1.72. The van der Waals surface area contributed by atoms with Crippen molar-refractivity contribution < 1.29 is 4.79 Å². The lowest BCUT2D eigenvalue weighted by Gasteiger charge is -2.30. The largest absolute Gasteiger partial charge is 0.364 e. The summed E-state index contributed by atoms with van der Waals surface area (Å²) >= 11 is 0. The number of primary amides is 1. The molecule has 5 heteroatoms. The number of carbonyl (C=O) groups is 1. The minimum Gasteiger partial charge on any atom is -0.364 e. The van der Waals surface area contributed by atoms with Crippen LogP contribution in [0.3, 0.4) is 0 Å². The van der Waals surface area contributed by atoms with E-state index >= 15 is 0 Å². The smallest absolute Gasteiger partial charge is 0.267 e. The predicted octanol–water partition coefficient (Wildman–Crippen LogP) is -0.290. The van der Waals surface area contributed by atoms with Crippen LogP contribution < -0.4 is 5.73 Å². The van der Waals surface area contributed by atoms with E-state index in [1.165, 1.54) is 12.8 Å². The Labute approximate surface area is 82.8 Å². The van der Waals surface area contributed by atoms with Gasteiger partial charge in [0, 0.05) is 13.1 Å². The summed E-state index contributed by atoms with van der Waals surface area (Å²) in [7, 11) is 0. The lowest BCUT2D eigenvalue weighted by Crippen LogP contribution is -2.41. The van der Waals surface area contributed by atoms with Gasteiger partial charge in [0.1, 0.15) is 12.0 Å². The molecular formula is C9H14N4O. The van der Waals surface area contributed by atoms with Crippen molar-refractivity contribution in [2.45, 2.75) is 12.8 Å². The molecule has 2 N–H and O–H groups in total. The molecule has 0 spiro atoms. The van der Waals surface area contributed by atoms with Gasteiger partial charge < -0.3 is 5.73 Å². The Bertz CT molecular complexity index is 291. The Balaban J connectivity index is 1.96. The third-order valence-electron chi connectivity index (χ3n) is 2.50. The highest BCUT2D eigenvalue weighted by molar-refractivity contribution is 5.93. The maximum atomic E-state index is 10.8. The number of nitrogens with two attached hydrogens (primary N) is 1. The van der Waals surface area contributed by atoms with Crippen LogP contribution in [0.25, 0.3) is 0 Å². The molecule has 0 saturated carbocycles. The second-order valence-electron chi connectivity index (χ2n) is 3.48. The number of carbonyl (C=O) groups excluding carboxylic acids is 1. The number of rotatable bonds is 2. The van der Waals surface area contributed by atoms with Gasteiger partial charge in [-0.15, -0.1) is 0 Å². The summed E-state index contributed by atoms with van der Waals surface area (Å²) in [6.07, 6.45) is 5.92. The van der Waals surface area contributed by atoms with E-state index in [1.54, 1.807) is 12.4 Å². The van der Waals surface area contributed by atoms with Gasteiger partial charge in [-0.25, -0.2) is 10.0 Å². The van der Waals surface area contributed by atoms with Gasteiger partial charge in [-0.1, -0.05) is 0 Å². The van der Waals surface area contributed by atoms with Crippen molar-refractivity contribution in [1.82, 2.24) is 10.0 Å². The van der Waals surface area contributed by atoms with Crippen molar-refractivity contribution in [3.05, 3.63) is 11.8 Å². The number of amides is 1. The van der Waals surface area contributed by atoms with Gasteiger partial charge in [0.2, 0.25) is 0 Å². The molecule has 0 aromatic rings. The summed E-state index contributed by atoms with van der Waals surface area (Å²) in [5.74, 6) is -0.456. The molecule has 5 nitrogen and oxygen atoms in total. The fourth-order valence-corrected chi connectivity index (χ4v) is 1.72. The van der Waals surface area contributed by atoms with Gasteiger partial charge in [-0.2, -0.15) is 0 Å². The Morgan fingerprint density at radius 2 is 2.14 bits per heavy atom. The van der Waals surface area contributed by atoms with E-state index in [0.717, 1.165) is 13.1 Å². The predicted molar refractivity (Wildman–Crippen MR) is 53.3 cm³/mol. The van der Waals surface area contributed by atoms with E-state index in [2.05, 4.69) is 10.0 Å². The monoisotopic (exact) mass is 194 g/mol. The maximum absolute atomic E-state index is 10.8. The summed E-state index contributed by atoms with van der Waals surface area (Å²) in [5.41, 5.74) is 5.47. The fraction of sp³-hybridized carbons (Fsp3) is 0.556. The van der Waals surface area contributed by atoms with E-state index < -0.39 is 5.91 Å². The second kappa shape index (κ2) is 3.79. The number of nitrogens with zero attached hydrogens (tertiary/aromatic N) is 3. The van der Waals surface area contributed by atoms with Crippen LogP contribution in [0.2, 0.25) is 0 Å². The standard InChI is InChI=1S/C9H14N4O/c10-9(14)8-3-6-13(7-11-8)12-4-1-2-5-12/h3,7H,1-2,4-6H2,(H2,10,14). The topological polar surface area (TPSA) is 61.9 Å². The zero-order valence-corrected chi connectivity index (χ0v) is 8.02. The third-order valence-corrected chi connectivity index (χ3v) is 2.50. The van der Waals surface area contributed by atoms with Crippen molar-refractivity contribution in [3.8, 4) is 0 Å². The lowest BCUT2D eigenvalue weighted by molar-refractivity contribution is -0.114. The molecule has 0 atom stereocenters. The first-order chi connectivity index (χ1) is 6.77. The van der Waals surface area contributed by atoms with E-state index in [-0.39, 0.29) is 0 Å². The highest BCUT2D eigenvalue weighted by atomic mass is 16.1. The van der Waals surface area contributed by atoms with Crippen molar-refractivity contribution in [3.63, 3.8) is 0 Å². The summed E-state index contributed by atoms with van der Waals surface area (Å²) in [4.78, 5) is 14.8. The van der Waals surface area contributed by atoms with Gasteiger partial charge >= 0.3 is 0 Å². The van der Waals surface area contributed by atoms with Gasteiger partial charge in [0.15, 0.2) is 0 Å². The number of hydrogen-bond acceptors (Lipinski definition) is 4. The SMILES string of the molecule is NC(=O)C1=CCN(N2CCCC2)C=N1. The molecule has 2 aliphatic heterocycles. The summed E-state index contributed by atoms with van der Waals surface area (Å²) in [5, 5.41) is 4.26. The molecule has 2 aliphatic rings. The Morgan fingerprint density at radius 1 is 1.43 bits per heavy atom. The lowest BCUT2D eigenvalue weighted by atomic mass is 10.3. The summed E-state index contributed by atoms with van der Waals surface area (Å²) < 4.78 is 0. The Kier molecular flexibility index (Phi) is 2.49. The van der Waals surface area contributed by atoms with Crippen LogP contribution in [0.1, 0.15) is 12.8 Å². The number of hydrogen-bond donors (Lipinski definition) is 1. The maximum Gasteiger partial charge on any atom is 0.267 e. The van der Waals surface area contributed by atoms with Crippen LogP contribution >= 0.6 is 0 Å². The molecule has 76 valence electrons. The van der Waals surface area contributed by atoms with Crippen LogP contribution in [0, 0.1) is 0 Å². The molecule has 2 heterocycles. The number of hydrazine groups is 1. The average Bonchev–Trinajstić information content (AvgIpc) is 2.71. The highest BCUT2D eigenvalue weighted by Gasteiger charge is 2.19. The van der Waals surface area contributed by atoms with Crippen LogP contribution in [0.4, 0.5) is 0 Å². The zero-order chi connectivity index (χ0) is 9.97. The molecule has 0 aromatic carbocycles. The van der Waals surface area contributed by atoms with Crippen LogP contribution in [0.15, 0.2) is 16.8 Å². The highest BCUT2D eigenvalue weighted by Crippen LogP contribution is 2.12. The quantitative estimate of drug-likeness (QED) is 0.657. The number of aliphatic imine (C=N–C) groups is 1. The third kappa shape index (κ3) is 1.77. The molecule has 0 radical (unpaired) electrons. The first kappa shape index (κ1) is 9.21. The van der Waals surface area contributed by atoms with Gasteiger partial charge in [-0.3, -0.25) is 9.80 Å². The Hall–Kier alpha value is -1.36. The van der Waals surface area contributed by atoms with Crippen LogP contribution in [-0.2, 0) is 4.79 Å². The molecule has 1 amide bonds. The molecule has 0 unspecified atom stereocenters. The van der Waals surface area contributed by atoms with Gasteiger partial charge in [0.05, 0.1) is 6.54 Å².